The maximum atomic E-state index is 11.0. The smallest absolute Gasteiger partial charge is 0.231 e. The van der Waals surface area contributed by atoms with Gasteiger partial charge >= 0.3 is 0 Å². The number of methoxy groups -OCH3 is 1. The van der Waals surface area contributed by atoms with E-state index in [1.54, 1.807) is 7.11 Å². The van der Waals surface area contributed by atoms with E-state index in [-0.39, 0.29) is 18.5 Å². The lowest BCUT2D eigenvalue weighted by molar-refractivity contribution is -0.119. The fourth-order valence-electron chi connectivity index (χ4n) is 1.66. The molecule has 18 heavy (non-hydrogen) atoms. The molecule has 0 spiro atoms. The van der Waals surface area contributed by atoms with Crippen molar-refractivity contribution >= 4 is 21.8 Å². The standard InChI is InChI=1S/C13H19BrN2O2/c1-9(2)16(8-13(15)17)7-10-4-5-12(18-3)11(14)6-10/h4-6,9H,7-8H2,1-3H3,(H2,15,17). The van der Waals surface area contributed by atoms with Crippen molar-refractivity contribution in [3.8, 4) is 5.75 Å². The fraction of sp³-hybridized carbons (Fsp3) is 0.462. The van der Waals surface area contributed by atoms with Gasteiger partial charge < -0.3 is 10.5 Å². The quantitative estimate of drug-likeness (QED) is 0.875. The van der Waals surface area contributed by atoms with Crippen LogP contribution in [0.1, 0.15) is 19.4 Å². The molecule has 0 bridgehead atoms. The van der Waals surface area contributed by atoms with Gasteiger partial charge in [0.1, 0.15) is 5.75 Å². The third-order valence-corrected chi connectivity index (χ3v) is 3.31. The van der Waals surface area contributed by atoms with E-state index in [1.807, 2.05) is 36.9 Å². The first-order valence-corrected chi connectivity index (χ1v) is 6.58. The average molecular weight is 315 g/mol. The monoisotopic (exact) mass is 314 g/mol. The van der Waals surface area contributed by atoms with Gasteiger partial charge in [0.05, 0.1) is 18.1 Å². The van der Waals surface area contributed by atoms with E-state index in [2.05, 4.69) is 15.9 Å². The van der Waals surface area contributed by atoms with Crippen molar-refractivity contribution in [3.63, 3.8) is 0 Å². The van der Waals surface area contributed by atoms with Gasteiger partial charge in [-0.2, -0.15) is 0 Å². The number of carbonyl (C=O) groups excluding carboxylic acids is 1. The lowest BCUT2D eigenvalue weighted by atomic mass is 10.2. The Hall–Kier alpha value is -1.07. The van der Waals surface area contributed by atoms with Crippen LogP contribution in [0.2, 0.25) is 0 Å². The molecule has 0 heterocycles. The number of primary amides is 1. The van der Waals surface area contributed by atoms with Gasteiger partial charge in [-0.05, 0) is 47.5 Å². The van der Waals surface area contributed by atoms with E-state index in [9.17, 15) is 4.79 Å². The lowest BCUT2D eigenvalue weighted by Crippen LogP contribution is -2.37. The van der Waals surface area contributed by atoms with Crippen molar-refractivity contribution in [1.82, 2.24) is 4.90 Å². The zero-order valence-electron chi connectivity index (χ0n) is 10.9. The number of benzene rings is 1. The first-order chi connectivity index (χ1) is 8.43. The molecule has 0 saturated heterocycles. The molecule has 100 valence electrons. The van der Waals surface area contributed by atoms with Crippen molar-refractivity contribution in [2.24, 2.45) is 5.73 Å². The second-order valence-electron chi connectivity index (χ2n) is 4.43. The van der Waals surface area contributed by atoms with Gasteiger partial charge in [0, 0.05) is 12.6 Å². The topological polar surface area (TPSA) is 55.6 Å². The number of nitrogens with two attached hydrogens (primary N) is 1. The third-order valence-electron chi connectivity index (χ3n) is 2.69. The SMILES string of the molecule is COc1ccc(CN(CC(N)=O)C(C)C)cc1Br. The summed E-state index contributed by atoms with van der Waals surface area (Å²) in [5, 5.41) is 0. The summed E-state index contributed by atoms with van der Waals surface area (Å²) >= 11 is 3.45. The molecule has 1 aromatic carbocycles. The van der Waals surface area contributed by atoms with Crippen molar-refractivity contribution in [3.05, 3.63) is 28.2 Å². The van der Waals surface area contributed by atoms with Gasteiger partial charge in [0.25, 0.3) is 0 Å². The summed E-state index contributed by atoms with van der Waals surface area (Å²) in [7, 11) is 1.63. The van der Waals surface area contributed by atoms with E-state index in [1.165, 1.54) is 0 Å². The van der Waals surface area contributed by atoms with Crippen molar-refractivity contribution < 1.29 is 9.53 Å². The maximum absolute atomic E-state index is 11.0. The van der Waals surface area contributed by atoms with E-state index in [0.29, 0.717) is 6.54 Å². The molecule has 1 aromatic rings. The highest BCUT2D eigenvalue weighted by Crippen LogP contribution is 2.26. The van der Waals surface area contributed by atoms with Crippen LogP contribution in [0.3, 0.4) is 0 Å². The number of hydrogen-bond donors (Lipinski definition) is 1. The number of amides is 1. The Labute approximate surface area is 116 Å². The second kappa shape index (κ2) is 6.75. The Morgan fingerprint density at radius 3 is 2.61 bits per heavy atom. The molecular weight excluding hydrogens is 296 g/mol. The van der Waals surface area contributed by atoms with Gasteiger partial charge in [-0.25, -0.2) is 0 Å². The Balaban J connectivity index is 2.80. The lowest BCUT2D eigenvalue weighted by Gasteiger charge is -2.25. The van der Waals surface area contributed by atoms with Crippen LogP contribution in [0.15, 0.2) is 22.7 Å². The summed E-state index contributed by atoms with van der Waals surface area (Å²) in [5.41, 5.74) is 6.36. The van der Waals surface area contributed by atoms with Crippen molar-refractivity contribution in [2.75, 3.05) is 13.7 Å². The summed E-state index contributed by atoms with van der Waals surface area (Å²) in [6.45, 7) is 5.04. The zero-order chi connectivity index (χ0) is 13.7. The normalized spacial score (nSPS) is 11.0. The summed E-state index contributed by atoms with van der Waals surface area (Å²) in [6.07, 6.45) is 0. The molecule has 0 saturated carbocycles. The van der Waals surface area contributed by atoms with Gasteiger partial charge in [-0.15, -0.1) is 0 Å². The summed E-state index contributed by atoms with van der Waals surface area (Å²) in [5.74, 6) is 0.487. The number of ether oxygens (including phenoxy) is 1. The summed E-state index contributed by atoms with van der Waals surface area (Å²) < 4.78 is 6.09. The van der Waals surface area contributed by atoms with Crippen LogP contribution in [-0.4, -0.2) is 30.5 Å². The van der Waals surface area contributed by atoms with Crippen molar-refractivity contribution in [1.29, 1.82) is 0 Å². The average Bonchev–Trinajstić information content (AvgIpc) is 2.27. The Bertz CT molecular complexity index is 421. The summed E-state index contributed by atoms with van der Waals surface area (Å²) in [4.78, 5) is 13.0. The first-order valence-electron chi connectivity index (χ1n) is 5.78. The Morgan fingerprint density at radius 2 is 2.17 bits per heavy atom. The van der Waals surface area contributed by atoms with Crippen LogP contribution in [0.4, 0.5) is 0 Å². The molecule has 0 radical (unpaired) electrons. The Morgan fingerprint density at radius 1 is 1.50 bits per heavy atom. The highest BCUT2D eigenvalue weighted by atomic mass is 79.9. The molecule has 0 atom stereocenters. The first kappa shape index (κ1) is 15.0. The van der Waals surface area contributed by atoms with Crippen LogP contribution < -0.4 is 10.5 Å². The number of rotatable bonds is 6. The minimum Gasteiger partial charge on any atom is -0.496 e. The van der Waals surface area contributed by atoms with Crippen LogP contribution in [-0.2, 0) is 11.3 Å². The Kier molecular flexibility index (Phi) is 5.62. The number of halogens is 1. The molecule has 0 fully saturated rings. The number of hydrogen-bond acceptors (Lipinski definition) is 3. The molecule has 5 heteroatoms. The van der Waals surface area contributed by atoms with Gasteiger partial charge in [-0.1, -0.05) is 6.07 Å². The van der Waals surface area contributed by atoms with Gasteiger partial charge in [-0.3, -0.25) is 9.69 Å². The summed E-state index contributed by atoms with van der Waals surface area (Å²) in [6, 6.07) is 6.15. The zero-order valence-corrected chi connectivity index (χ0v) is 12.5. The van der Waals surface area contributed by atoms with E-state index >= 15 is 0 Å². The largest absolute Gasteiger partial charge is 0.496 e. The molecule has 2 N–H and O–H groups in total. The second-order valence-corrected chi connectivity index (χ2v) is 5.29. The molecule has 0 aliphatic carbocycles. The molecule has 0 aromatic heterocycles. The molecular formula is C13H19BrN2O2. The van der Waals surface area contributed by atoms with E-state index < -0.39 is 0 Å². The number of nitrogens with zero attached hydrogens (tertiary/aromatic N) is 1. The maximum Gasteiger partial charge on any atom is 0.231 e. The van der Waals surface area contributed by atoms with Gasteiger partial charge in [0.2, 0.25) is 5.91 Å². The van der Waals surface area contributed by atoms with Crippen LogP contribution >= 0.6 is 15.9 Å². The van der Waals surface area contributed by atoms with E-state index in [4.69, 9.17) is 10.5 Å². The molecule has 0 aliphatic heterocycles. The van der Waals surface area contributed by atoms with Gasteiger partial charge in [0.15, 0.2) is 0 Å². The number of carbonyl (C=O) groups is 1. The predicted molar refractivity (Wildman–Crippen MR) is 75.4 cm³/mol. The molecule has 0 aliphatic rings. The van der Waals surface area contributed by atoms with Crippen LogP contribution in [0.5, 0.6) is 5.75 Å². The van der Waals surface area contributed by atoms with Crippen LogP contribution in [0.25, 0.3) is 0 Å². The van der Waals surface area contributed by atoms with Crippen molar-refractivity contribution in [2.45, 2.75) is 26.4 Å². The van der Waals surface area contributed by atoms with Crippen LogP contribution in [0, 0.1) is 0 Å². The van der Waals surface area contributed by atoms with E-state index in [0.717, 1.165) is 15.8 Å². The molecule has 1 rings (SSSR count). The highest BCUT2D eigenvalue weighted by Gasteiger charge is 2.13. The minimum absolute atomic E-state index is 0.262. The molecule has 0 unspecified atom stereocenters. The predicted octanol–water partition coefficient (Wildman–Crippen LogP) is 2.15. The molecule has 4 nitrogen and oxygen atoms in total. The molecule has 1 amide bonds. The third kappa shape index (κ3) is 4.31. The minimum atomic E-state index is -0.309. The fourth-order valence-corrected chi connectivity index (χ4v) is 2.25. The highest BCUT2D eigenvalue weighted by molar-refractivity contribution is 9.10.